The van der Waals surface area contributed by atoms with Crippen molar-refractivity contribution in [1.29, 1.82) is 0 Å². The number of hydrogen-bond acceptors (Lipinski definition) is 4. The molecule has 7 heteroatoms. The highest BCUT2D eigenvalue weighted by Crippen LogP contribution is 2.34. The number of nitrogens with zero attached hydrogens (tertiary/aromatic N) is 2. The maximum atomic E-state index is 13.4. The number of carbonyl (C=O) groups excluding carboxylic acids is 2. The molecular formula is C29H35BrN2O4. The molecule has 0 radical (unpaired) electrons. The Morgan fingerprint density at radius 1 is 1.14 bits per heavy atom. The van der Waals surface area contributed by atoms with E-state index in [-0.39, 0.29) is 36.3 Å². The van der Waals surface area contributed by atoms with E-state index in [2.05, 4.69) is 70.7 Å². The van der Waals surface area contributed by atoms with Crippen LogP contribution in [0, 0.1) is 24.7 Å². The van der Waals surface area contributed by atoms with E-state index < -0.39 is 6.09 Å². The van der Waals surface area contributed by atoms with Gasteiger partial charge in [0.15, 0.2) is 0 Å². The van der Waals surface area contributed by atoms with E-state index in [0.717, 1.165) is 27.7 Å². The topological polar surface area (TPSA) is 60.8 Å². The number of rotatable bonds is 8. The molecule has 3 atom stereocenters. The molecule has 0 unspecified atom stereocenters. The van der Waals surface area contributed by atoms with Crippen LogP contribution in [0.25, 0.3) is 10.9 Å². The third kappa shape index (κ3) is 5.03. The Hall–Kier alpha value is -2.80. The average molecular weight is 556 g/mol. The van der Waals surface area contributed by atoms with Gasteiger partial charge in [-0.1, -0.05) is 55.8 Å². The zero-order valence-corrected chi connectivity index (χ0v) is 23.5. The lowest BCUT2D eigenvalue weighted by Gasteiger charge is -2.28. The second-order valence-corrected chi connectivity index (χ2v) is 11.1. The summed E-state index contributed by atoms with van der Waals surface area (Å²) in [6.07, 6.45) is 0.190. The normalized spacial score (nSPS) is 17.5. The first kappa shape index (κ1) is 26.3. The summed E-state index contributed by atoms with van der Waals surface area (Å²) in [5.41, 5.74) is 4.73. The van der Waals surface area contributed by atoms with Crippen molar-refractivity contribution >= 4 is 38.8 Å². The van der Waals surface area contributed by atoms with Crippen LogP contribution in [0.4, 0.5) is 4.79 Å². The van der Waals surface area contributed by atoms with Crippen LogP contribution in [0.3, 0.4) is 0 Å². The summed E-state index contributed by atoms with van der Waals surface area (Å²) < 4.78 is 14.1. The Kier molecular flexibility index (Phi) is 7.79. The first-order valence-electron chi connectivity index (χ1n) is 12.5. The molecule has 1 aromatic heterocycles. The number of amides is 2. The van der Waals surface area contributed by atoms with Crippen LogP contribution >= 0.6 is 15.9 Å². The van der Waals surface area contributed by atoms with Gasteiger partial charge < -0.3 is 14.0 Å². The fourth-order valence-corrected chi connectivity index (χ4v) is 5.30. The molecule has 1 saturated heterocycles. The Morgan fingerprint density at radius 3 is 2.47 bits per heavy atom. The van der Waals surface area contributed by atoms with Gasteiger partial charge in [0.05, 0.1) is 13.2 Å². The van der Waals surface area contributed by atoms with Gasteiger partial charge in [0.25, 0.3) is 0 Å². The number of hydrogen-bond donors (Lipinski definition) is 0. The molecule has 2 amide bonds. The molecule has 1 aliphatic rings. The standard InChI is InChI=1S/C29H35BrN2O4/c1-17(2)27-16-36-29(34)32(27)28(33)19(4)18(3)13-24-20(5)31(15-21-7-9-22(30)10-8-21)26-12-11-23(35-6)14-25(24)26/h7-12,14,17-19,27H,13,15-16H2,1-6H3/t18-,19-,27+/m0/s1. The van der Waals surface area contributed by atoms with E-state index in [4.69, 9.17) is 9.47 Å². The monoisotopic (exact) mass is 554 g/mol. The molecule has 1 fully saturated rings. The molecule has 36 heavy (non-hydrogen) atoms. The third-order valence-corrected chi connectivity index (χ3v) is 8.13. The minimum absolute atomic E-state index is 0.0235. The molecule has 1 aliphatic heterocycles. The second-order valence-electron chi connectivity index (χ2n) is 10.2. The van der Waals surface area contributed by atoms with Gasteiger partial charge in [0, 0.05) is 33.5 Å². The van der Waals surface area contributed by atoms with Crippen molar-refractivity contribution in [3.05, 3.63) is 63.8 Å². The van der Waals surface area contributed by atoms with E-state index in [1.807, 2.05) is 26.8 Å². The van der Waals surface area contributed by atoms with Crippen molar-refractivity contribution in [3.8, 4) is 5.75 Å². The number of aromatic nitrogens is 1. The molecule has 0 N–H and O–H groups in total. The number of fused-ring (bicyclic) bond motifs is 1. The summed E-state index contributed by atoms with van der Waals surface area (Å²) in [6.45, 7) is 11.2. The number of ether oxygens (including phenoxy) is 2. The third-order valence-electron chi connectivity index (χ3n) is 7.60. The van der Waals surface area contributed by atoms with Crippen LogP contribution in [0.2, 0.25) is 0 Å². The van der Waals surface area contributed by atoms with E-state index in [1.54, 1.807) is 7.11 Å². The van der Waals surface area contributed by atoms with Gasteiger partial charge in [0.1, 0.15) is 12.4 Å². The summed E-state index contributed by atoms with van der Waals surface area (Å²) in [4.78, 5) is 27.1. The van der Waals surface area contributed by atoms with Crippen LogP contribution in [-0.2, 0) is 22.5 Å². The first-order valence-corrected chi connectivity index (χ1v) is 13.3. The van der Waals surface area contributed by atoms with Gasteiger partial charge in [-0.25, -0.2) is 9.69 Å². The van der Waals surface area contributed by atoms with Crippen molar-refractivity contribution in [2.45, 2.75) is 53.6 Å². The van der Waals surface area contributed by atoms with Crippen molar-refractivity contribution in [1.82, 2.24) is 9.47 Å². The highest BCUT2D eigenvalue weighted by molar-refractivity contribution is 9.10. The van der Waals surface area contributed by atoms with Crippen LogP contribution in [0.5, 0.6) is 5.75 Å². The quantitative estimate of drug-likeness (QED) is 0.315. The number of methoxy groups -OCH3 is 1. The SMILES string of the molecule is COc1ccc2c(c1)c(C[C@H](C)[C@H](C)C(=O)N1C(=O)OC[C@@H]1C(C)C)c(C)n2Cc1ccc(Br)cc1. The summed E-state index contributed by atoms with van der Waals surface area (Å²) >= 11 is 3.52. The molecule has 192 valence electrons. The molecular weight excluding hydrogens is 520 g/mol. The molecule has 0 bridgehead atoms. The average Bonchev–Trinajstić information content (AvgIpc) is 3.37. The van der Waals surface area contributed by atoms with Crippen LogP contribution < -0.4 is 4.74 Å². The maximum absolute atomic E-state index is 13.4. The predicted octanol–water partition coefficient (Wildman–Crippen LogP) is 6.59. The highest BCUT2D eigenvalue weighted by atomic mass is 79.9. The Bertz CT molecular complexity index is 1260. The summed E-state index contributed by atoms with van der Waals surface area (Å²) in [6, 6.07) is 14.3. The minimum Gasteiger partial charge on any atom is -0.497 e. The zero-order valence-electron chi connectivity index (χ0n) is 21.9. The number of halogens is 1. The number of benzene rings is 2. The Balaban J connectivity index is 1.65. The van der Waals surface area contributed by atoms with Crippen LogP contribution in [0.1, 0.15) is 44.5 Å². The number of imide groups is 1. The summed E-state index contributed by atoms with van der Waals surface area (Å²) in [5.74, 6) is 0.495. The Labute approximate surface area is 221 Å². The number of carbonyl (C=O) groups is 2. The van der Waals surface area contributed by atoms with Crippen molar-refractivity contribution in [2.24, 2.45) is 17.8 Å². The van der Waals surface area contributed by atoms with E-state index >= 15 is 0 Å². The van der Waals surface area contributed by atoms with E-state index in [0.29, 0.717) is 6.42 Å². The van der Waals surface area contributed by atoms with E-state index in [1.165, 1.54) is 21.7 Å². The number of cyclic esters (lactones) is 1. The largest absolute Gasteiger partial charge is 0.497 e. The van der Waals surface area contributed by atoms with Gasteiger partial charge in [-0.2, -0.15) is 0 Å². The lowest BCUT2D eigenvalue weighted by Crippen LogP contribution is -2.45. The lowest BCUT2D eigenvalue weighted by molar-refractivity contribution is -0.135. The summed E-state index contributed by atoms with van der Waals surface area (Å²) in [5, 5.41) is 1.14. The highest BCUT2D eigenvalue weighted by Gasteiger charge is 2.42. The smallest absolute Gasteiger partial charge is 0.416 e. The van der Waals surface area contributed by atoms with Crippen molar-refractivity contribution in [2.75, 3.05) is 13.7 Å². The predicted molar refractivity (Wildman–Crippen MR) is 145 cm³/mol. The van der Waals surface area contributed by atoms with Crippen molar-refractivity contribution in [3.63, 3.8) is 0 Å². The first-order chi connectivity index (χ1) is 17.1. The van der Waals surface area contributed by atoms with Gasteiger partial charge >= 0.3 is 6.09 Å². The maximum Gasteiger partial charge on any atom is 0.416 e. The molecule has 2 heterocycles. The van der Waals surface area contributed by atoms with Crippen LogP contribution in [0.15, 0.2) is 46.9 Å². The zero-order chi connectivity index (χ0) is 26.1. The molecule has 0 saturated carbocycles. The molecule has 0 spiro atoms. The fourth-order valence-electron chi connectivity index (χ4n) is 5.03. The minimum atomic E-state index is -0.523. The fraction of sp³-hybridized carbons (Fsp3) is 0.448. The Morgan fingerprint density at radius 2 is 1.83 bits per heavy atom. The van der Waals surface area contributed by atoms with Crippen LogP contribution in [-0.4, -0.2) is 41.2 Å². The molecule has 3 aromatic rings. The molecule has 0 aliphatic carbocycles. The van der Waals surface area contributed by atoms with Gasteiger partial charge in [-0.3, -0.25) is 4.79 Å². The molecule has 4 rings (SSSR count). The summed E-state index contributed by atoms with van der Waals surface area (Å²) in [7, 11) is 1.68. The lowest BCUT2D eigenvalue weighted by atomic mass is 9.87. The van der Waals surface area contributed by atoms with E-state index in [9.17, 15) is 9.59 Å². The van der Waals surface area contributed by atoms with Crippen molar-refractivity contribution < 1.29 is 19.1 Å². The molecule has 2 aromatic carbocycles. The second kappa shape index (κ2) is 10.7. The van der Waals surface area contributed by atoms with Gasteiger partial charge in [0.2, 0.25) is 5.91 Å². The molecule has 6 nitrogen and oxygen atoms in total. The van der Waals surface area contributed by atoms with Gasteiger partial charge in [-0.05, 0) is 66.6 Å². The van der Waals surface area contributed by atoms with Gasteiger partial charge in [-0.15, -0.1) is 0 Å².